The zero-order chi connectivity index (χ0) is 23.4. The van der Waals surface area contributed by atoms with Crippen LogP contribution in [0.15, 0.2) is 54.7 Å². The van der Waals surface area contributed by atoms with Crippen LogP contribution in [-0.2, 0) is 6.18 Å². The van der Waals surface area contributed by atoms with Crippen LogP contribution < -0.4 is 15.4 Å². The van der Waals surface area contributed by atoms with E-state index >= 15 is 0 Å². The summed E-state index contributed by atoms with van der Waals surface area (Å²) in [5, 5.41) is 5.92. The number of aromatic nitrogens is 2. The molecule has 33 heavy (non-hydrogen) atoms. The summed E-state index contributed by atoms with van der Waals surface area (Å²) in [5.41, 5.74) is 1.41. The Kier molecular flexibility index (Phi) is 6.72. The molecule has 2 N–H and O–H groups in total. The average molecular weight is 457 g/mol. The van der Waals surface area contributed by atoms with E-state index in [1.54, 1.807) is 30.3 Å². The Morgan fingerprint density at radius 2 is 1.67 bits per heavy atom. The van der Waals surface area contributed by atoms with E-state index in [4.69, 9.17) is 4.74 Å². The largest absolute Gasteiger partial charge is 0.491 e. The maximum atomic E-state index is 13.7. The lowest BCUT2D eigenvalue weighted by molar-refractivity contribution is -0.137. The third-order valence-corrected chi connectivity index (χ3v) is 5.59. The minimum Gasteiger partial charge on any atom is -0.491 e. The second-order valence-electron chi connectivity index (χ2n) is 8.46. The lowest BCUT2D eigenvalue weighted by Crippen LogP contribution is -2.13. The van der Waals surface area contributed by atoms with Crippen LogP contribution in [0.25, 0.3) is 0 Å². The van der Waals surface area contributed by atoms with Gasteiger partial charge in [0.05, 0.1) is 6.10 Å². The van der Waals surface area contributed by atoms with Gasteiger partial charge in [0.2, 0.25) is 5.95 Å². The van der Waals surface area contributed by atoms with Gasteiger partial charge in [-0.3, -0.25) is 0 Å². The predicted octanol–water partition coefficient (Wildman–Crippen LogP) is 7.43. The Bertz CT molecular complexity index is 1080. The molecule has 0 unspecified atom stereocenters. The summed E-state index contributed by atoms with van der Waals surface area (Å²) in [7, 11) is 0. The molecule has 0 spiro atoms. The number of hydrogen-bond donors (Lipinski definition) is 2. The van der Waals surface area contributed by atoms with Crippen LogP contribution in [0, 0.1) is 0 Å². The van der Waals surface area contributed by atoms with Crippen LogP contribution in [0.3, 0.4) is 0 Å². The highest BCUT2D eigenvalue weighted by molar-refractivity contribution is 5.66. The molecule has 1 fully saturated rings. The number of nitrogens with zero attached hydrogens (tertiary/aromatic N) is 2. The van der Waals surface area contributed by atoms with Gasteiger partial charge < -0.3 is 15.4 Å². The van der Waals surface area contributed by atoms with Gasteiger partial charge in [-0.1, -0.05) is 31.0 Å². The van der Waals surface area contributed by atoms with Crippen LogP contribution in [0.1, 0.15) is 56.6 Å². The number of benzene rings is 2. The van der Waals surface area contributed by atoms with Crippen molar-refractivity contribution in [3.8, 4) is 5.75 Å². The van der Waals surface area contributed by atoms with E-state index < -0.39 is 11.7 Å². The molecule has 0 bridgehead atoms. The molecular formula is C25H27F3N4O. The minimum absolute atomic E-state index is 0.0443. The summed E-state index contributed by atoms with van der Waals surface area (Å²) >= 11 is 0. The second-order valence-corrected chi connectivity index (χ2v) is 8.46. The van der Waals surface area contributed by atoms with E-state index in [1.165, 1.54) is 0 Å². The maximum Gasteiger partial charge on any atom is 0.421 e. The molecule has 0 radical (unpaired) electrons. The van der Waals surface area contributed by atoms with Crippen molar-refractivity contribution in [3.05, 3.63) is 65.9 Å². The van der Waals surface area contributed by atoms with E-state index in [0.29, 0.717) is 23.0 Å². The van der Waals surface area contributed by atoms with Crippen molar-refractivity contribution in [2.75, 3.05) is 10.6 Å². The fourth-order valence-electron chi connectivity index (χ4n) is 4.09. The molecule has 2 aromatic carbocycles. The predicted molar refractivity (Wildman–Crippen MR) is 123 cm³/mol. The summed E-state index contributed by atoms with van der Waals surface area (Å²) < 4.78 is 46.7. The molecule has 1 aromatic heterocycles. The zero-order valence-electron chi connectivity index (χ0n) is 18.6. The van der Waals surface area contributed by atoms with E-state index in [1.807, 2.05) is 32.0 Å². The Labute approximate surface area is 191 Å². The van der Waals surface area contributed by atoms with Crippen molar-refractivity contribution in [2.24, 2.45) is 0 Å². The highest BCUT2D eigenvalue weighted by Crippen LogP contribution is 2.40. The summed E-state index contributed by atoms with van der Waals surface area (Å²) in [6, 6.07) is 14.6. The molecular weight excluding hydrogens is 429 g/mol. The normalized spacial score (nSPS) is 14.5. The van der Waals surface area contributed by atoms with Crippen molar-refractivity contribution in [2.45, 2.75) is 57.7 Å². The van der Waals surface area contributed by atoms with Gasteiger partial charge in [-0.2, -0.15) is 18.2 Å². The topological polar surface area (TPSA) is 59.1 Å². The van der Waals surface area contributed by atoms with Crippen LogP contribution in [0.5, 0.6) is 5.75 Å². The number of hydrogen-bond acceptors (Lipinski definition) is 5. The molecule has 4 rings (SSSR count). The summed E-state index contributed by atoms with van der Waals surface area (Å²) in [5.74, 6) is 0.843. The second kappa shape index (κ2) is 9.68. The molecule has 0 aliphatic heterocycles. The molecule has 0 amide bonds. The fourth-order valence-corrected chi connectivity index (χ4v) is 4.09. The first-order valence-corrected chi connectivity index (χ1v) is 11.1. The third kappa shape index (κ3) is 5.74. The van der Waals surface area contributed by atoms with Gasteiger partial charge in [-0.05, 0) is 68.5 Å². The standard InChI is InChI=1S/C25H27F3N4O/c1-16(2)33-19-13-11-18(12-14-19)30-24-29-15-21(25(26,27)28)23(32-24)31-22-10-6-5-9-20(22)17-7-3-4-8-17/h5-6,9-17H,3-4,7-8H2,1-2H3,(H2,29,30,31,32). The minimum atomic E-state index is -4.58. The van der Waals surface area contributed by atoms with Crippen LogP contribution in [-0.4, -0.2) is 16.1 Å². The van der Waals surface area contributed by atoms with Crippen molar-refractivity contribution in [1.29, 1.82) is 0 Å². The molecule has 5 nitrogen and oxygen atoms in total. The molecule has 3 aromatic rings. The van der Waals surface area contributed by atoms with Gasteiger partial charge in [-0.15, -0.1) is 0 Å². The lowest BCUT2D eigenvalue weighted by atomic mass is 9.96. The molecule has 1 saturated carbocycles. The van der Waals surface area contributed by atoms with E-state index in [0.717, 1.165) is 37.4 Å². The van der Waals surface area contributed by atoms with Crippen molar-refractivity contribution in [1.82, 2.24) is 9.97 Å². The Hall–Kier alpha value is -3.29. The highest BCUT2D eigenvalue weighted by atomic mass is 19.4. The number of alkyl halides is 3. The van der Waals surface area contributed by atoms with Crippen molar-refractivity contribution in [3.63, 3.8) is 0 Å². The number of para-hydroxylation sites is 1. The van der Waals surface area contributed by atoms with Crippen molar-refractivity contribution >= 4 is 23.1 Å². The zero-order valence-corrected chi connectivity index (χ0v) is 18.6. The van der Waals surface area contributed by atoms with Gasteiger partial charge >= 0.3 is 6.18 Å². The Morgan fingerprint density at radius 3 is 2.33 bits per heavy atom. The highest BCUT2D eigenvalue weighted by Gasteiger charge is 2.35. The van der Waals surface area contributed by atoms with Crippen LogP contribution >= 0.6 is 0 Å². The molecule has 0 atom stereocenters. The number of ether oxygens (including phenoxy) is 1. The summed E-state index contributed by atoms with van der Waals surface area (Å²) in [4.78, 5) is 8.08. The smallest absolute Gasteiger partial charge is 0.421 e. The van der Waals surface area contributed by atoms with Crippen LogP contribution in [0.2, 0.25) is 0 Å². The number of rotatable bonds is 7. The molecule has 1 aliphatic carbocycles. The maximum absolute atomic E-state index is 13.7. The SMILES string of the molecule is CC(C)Oc1ccc(Nc2ncc(C(F)(F)F)c(Nc3ccccc3C3CCCC3)n2)cc1. The first kappa shape index (κ1) is 22.9. The van der Waals surface area contributed by atoms with Gasteiger partial charge in [0.15, 0.2) is 0 Å². The Balaban J connectivity index is 1.61. The monoisotopic (exact) mass is 456 g/mol. The molecule has 8 heteroatoms. The third-order valence-electron chi connectivity index (χ3n) is 5.59. The van der Waals surface area contributed by atoms with Gasteiger partial charge in [-0.25, -0.2) is 4.98 Å². The first-order chi connectivity index (χ1) is 15.8. The van der Waals surface area contributed by atoms with E-state index in [2.05, 4.69) is 20.6 Å². The van der Waals surface area contributed by atoms with Gasteiger partial charge in [0.1, 0.15) is 17.1 Å². The quantitative estimate of drug-likeness (QED) is 0.387. The van der Waals surface area contributed by atoms with Gasteiger partial charge in [0, 0.05) is 17.6 Å². The van der Waals surface area contributed by atoms with Gasteiger partial charge in [0.25, 0.3) is 0 Å². The molecule has 174 valence electrons. The fraction of sp³-hybridized carbons (Fsp3) is 0.360. The molecule has 0 saturated heterocycles. The van der Waals surface area contributed by atoms with E-state index in [-0.39, 0.29) is 17.9 Å². The number of halogens is 3. The number of anilines is 4. The van der Waals surface area contributed by atoms with E-state index in [9.17, 15) is 13.2 Å². The average Bonchev–Trinajstić information content (AvgIpc) is 3.29. The summed E-state index contributed by atoms with van der Waals surface area (Å²) in [6.07, 6.45) is 0.619. The van der Waals surface area contributed by atoms with Crippen molar-refractivity contribution < 1.29 is 17.9 Å². The number of nitrogens with one attached hydrogen (secondary N) is 2. The Morgan fingerprint density at radius 1 is 0.970 bits per heavy atom. The first-order valence-electron chi connectivity index (χ1n) is 11.1. The molecule has 1 heterocycles. The molecule has 1 aliphatic rings. The summed E-state index contributed by atoms with van der Waals surface area (Å²) in [6.45, 7) is 3.86. The lowest BCUT2D eigenvalue weighted by Gasteiger charge is -2.19. The van der Waals surface area contributed by atoms with Crippen LogP contribution in [0.4, 0.5) is 36.3 Å².